The minimum atomic E-state index is -0.785. The number of carbonyl (C=O) groups excluding carboxylic acids is 4. The molecule has 1 N–H and O–H groups in total. The minimum absolute atomic E-state index is 0.149. The molecule has 0 heterocycles. The summed E-state index contributed by atoms with van der Waals surface area (Å²) in [5.74, 6) is -2.04. The maximum Gasteiger partial charge on any atom is 0.328 e. The lowest BCUT2D eigenvalue weighted by molar-refractivity contribution is -0.147. The van der Waals surface area contributed by atoms with Crippen LogP contribution in [0.3, 0.4) is 0 Å². The summed E-state index contributed by atoms with van der Waals surface area (Å²) in [4.78, 5) is 44.8. The number of hydrogen-bond donors (Lipinski definition) is 1. The molecule has 0 radical (unpaired) electrons. The van der Waals surface area contributed by atoms with Crippen molar-refractivity contribution in [2.75, 3.05) is 7.11 Å². The first-order valence-electron chi connectivity index (χ1n) is 5.66. The number of hydrogen-bond acceptors (Lipinski definition) is 5. The topological polar surface area (TPSA) is 89.5 Å². The summed E-state index contributed by atoms with van der Waals surface area (Å²) in [6, 6.07) is -0.785. The van der Waals surface area contributed by atoms with Gasteiger partial charge >= 0.3 is 5.97 Å². The molecule has 0 rings (SSSR count). The molecule has 18 heavy (non-hydrogen) atoms. The molecule has 0 saturated heterocycles. The quantitative estimate of drug-likeness (QED) is 0.521. The number of nitrogens with one attached hydrogen (secondary N) is 1. The first kappa shape index (κ1) is 16.3. The predicted octanol–water partition coefficient (Wildman–Crippen LogP) is 0.238. The second-order valence-electron chi connectivity index (χ2n) is 4.41. The highest BCUT2D eigenvalue weighted by molar-refractivity contribution is 6.06. The van der Waals surface area contributed by atoms with Gasteiger partial charge in [-0.2, -0.15) is 0 Å². The van der Waals surface area contributed by atoms with Crippen molar-refractivity contribution in [3.8, 4) is 0 Å². The lowest BCUT2D eigenvalue weighted by Gasteiger charge is -2.19. The molecule has 0 unspecified atom stereocenters. The van der Waals surface area contributed by atoms with Crippen LogP contribution >= 0.6 is 0 Å². The Morgan fingerprint density at radius 1 is 1.11 bits per heavy atom. The summed E-state index contributed by atoms with van der Waals surface area (Å²) < 4.78 is 4.55. The molecule has 1 atom stereocenters. The summed E-state index contributed by atoms with van der Waals surface area (Å²) >= 11 is 0. The van der Waals surface area contributed by atoms with Crippen molar-refractivity contribution in [3.05, 3.63) is 0 Å². The highest BCUT2D eigenvalue weighted by atomic mass is 16.5. The zero-order valence-electron chi connectivity index (χ0n) is 11.1. The molecule has 0 saturated carbocycles. The molecule has 0 fully saturated rings. The summed E-state index contributed by atoms with van der Waals surface area (Å²) in [7, 11) is 1.23. The van der Waals surface area contributed by atoms with Gasteiger partial charge in [-0.1, -0.05) is 13.8 Å². The fourth-order valence-corrected chi connectivity index (χ4v) is 1.37. The second kappa shape index (κ2) is 7.58. The average Bonchev–Trinajstić information content (AvgIpc) is 2.23. The van der Waals surface area contributed by atoms with E-state index in [0.717, 1.165) is 0 Å². The van der Waals surface area contributed by atoms with E-state index >= 15 is 0 Å². The van der Waals surface area contributed by atoms with Crippen LogP contribution in [0, 0.1) is 5.92 Å². The Morgan fingerprint density at radius 2 is 1.67 bits per heavy atom. The molecule has 6 heteroatoms. The number of carbonyl (C=O) groups is 4. The monoisotopic (exact) mass is 257 g/mol. The van der Waals surface area contributed by atoms with Crippen LogP contribution in [0.2, 0.25) is 0 Å². The van der Waals surface area contributed by atoms with Gasteiger partial charge in [0.15, 0.2) is 0 Å². The molecule has 0 aromatic heterocycles. The van der Waals surface area contributed by atoms with Crippen LogP contribution in [0.15, 0.2) is 0 Å². The SMILES string of the molecule is COC(=O)[C@@H](NC(=O)CC(=O)CC(C)=O)C(C)C. The zero-order chi connectivity index (χ0) is 14.3. The predicted molar refractivity (Wildman–Crippen MR) is 63.7 cm³/mol. The third-order valence-corrected chi connectivity index (χ3v) is 2.24. The van der Waals surface area contributed by atoms with E-state index in [9.17, 15) is 19.2 Å². The Kier molecular flexibility index (Phi) is 6.85. The Labute approximate surface area is 106 Å². The van der Waals surface area contributed by atoms with Crippen molar-refractivity contribution in [1.29, 1.82) is 0 Å². The molecule has 0 bridgehead atoms. The van der Waals surface area contributed by atoms with Crippen molar-refractivity contribution < 1.29 is 23.9 Å². The number of Topliss-reactive ketones (excluding diaryl/α,β-unsaturated/α-hetero) is 2. The van der Waals surface area contributed by atoms with E-state index in [0.29, 0.717) is 0 Å². The highest BCUT2D eigenvalue weighted by Crippen LogP contribution is 2.04. The third-order valence-electron chi connectivity index (χ3n) is 2.24. The van der Waals surface area contributed by atoms with Crippen LogP contribution < -0.4 is 5.32 Å². The number of esters is 1. The number of ketones is 2. The van der Waals surface area contributed by atoms with Gasteiger partial charge in [-0.15, -0.1) is 0 Å². The minimum Gasteiger partial charge on any atom is -0.467 e. The Bertz CT molecular complexity index is 348. The smallest absolute Gasteiger partial charge is 0.328 e. The maximum absolute atomic E-state index is 11.5. The van der Waals surface area contributed by atoms with Crippen molar-refractivity contribution in [1.82, 2.24) is 5.32 Å². The number of rotatable bonds is 7. The third kappa shape index (κ3) is 6.12. The van der Waals surface area contributed by atoms with Gasteiger partial charge in [0.25, 0.3) is 0 Å². The summed E-state index contributed by atoms with van der Waals surface area (Å²) in [5.41, 5.74) is 0. The second-order valence-corrected chi connectivity index (χ2v) is 4.41. The van der Waals surface area contributed by atoms with E-state index in [4.69, 9.17) is 0 Å². The molecule has 0 spiro atoms. The number of methoxy groups -OCH3 is 1. The van der Waals surface area contributed by atoms with Crippen LogP contribution in [0.1, 0.15) is 33.6 Å². The molecular formula is C12H19NO5. The Balaban J connectivity index is 4.39. The van der Waals surface area contributed by atoms with Crippen molar-refractivity contribution >= 4 is 23.4 Å². The molecule has 0 aliphatic rings. The van der Waals surface area contributed by atoms with Crippen LogP contribution in [-0.4, -0.2) is 36.6 Å². The highest BCUT2D eigenvalue weighted by Gasteiger charge is 2.25. The number of amides is 1. The Hall–Kier alpha value is -1.72. The number of ether oxygens (including phenoxy) is 1. The molecule has 0 aliphatic heterocycles. The van der Waals surface area contributed by atoms with Crippen molar-refractivity contribution in [2.24, 2.45) is 5.92 Å². The normalized spacial score (nSPS) is 11.8. The van der Waals surface area contributed by atoms with E-state index < -0.39 is 30.1 Å². The average molecular weight is 257 g/mol. The lowest BCUT2D eigenvalue weighted by Crippen LogP contribution is -2.45. The van der Waals surface area contributed by atoms with Crippen LogP contribution in [0.4, 0.5) is 0 Å². The molecule has 1 amide bonds. The summed E-state index contributed by atoms with van der Waals surface area (Å²) in [5, 5.41) is 2.43. The molecule has 0 aromatic rings. The zero-order valence-corrected chi connectivity index (χ0v) is 11.1. The van der Waals surface area contributed by atoms with Crippen molar-refractivity contribution in [3.63, 3.8) is 0 Å². The van der Waals surface area contributed by atoms with E-state index in [1.54, 1.807) is 13.8 Å². The summed E-state index contributed by atoms with van der Waals surface area (Å²) in [6.07, 6.45) is -0.669. The molecule has 0 aromatic carbocycles. The van der Waals surface area contributed by atoms with Gasteiger partial charge in [0.2, 0.25) is 5.91 Å². The molecular weight excluding hydrogens is 238 g/mol. The lowest BCUT2D eigenvalue weighted by atomic mass is 10.0. The fraction of sp³-hybridized carbons (Fsp3) is 0.667. The van der Waals surface area contributed by atoms with Gasteiger partial charge in [0, 0.05) is 0 Å². The molecule has 6 nitrogen and oxygen atoms in total. The van der Waals surface area contributed by atoms with Gasteiger partial charge in [0.1, 0.15) is 17.6 Å². The summed E-state index contributed by atoms with van der Waals surface area (Å²) in [6.45, 7) is 4.78. The Morgan fingerprint density at radius 3 is 2.06 bits per heavy atom. The van der Waals surface area contributed by atoms with Crippen molar-refractivity contribution in [2.45, 2.75) is 39.7 Å². The maximum atomic E-state index is 11.5. The fourth-order valence-electron chi connectivity index (χ4n) is 1.37. The first-order chi connectivity index (χ1) is 8.27. The largest absolute Gasteiger partial charge is 0.467 e. The standard InChI is InChI=1S/C12H19NO5/c1-7(2)11(12(17)18-4)13-10(16)6-9(15)5-8(3)14/h7,11H,5-6H2,1-4H3,(H,13,16)/t11-/m0/s1. The van der Waals surface area contributed by atoms with Gasteiger partial charge in [-0.05, 0) is 12.8 Å². The van der Waals surface area contributed by atoms with Gasteiger partial charge in [-0.25, -0.2) is 4.79 Å². The van der Waals surface area contributed by atoms with E-state index in [1.165, 1.54) is 14.0 Å². The van der Waals surface area contributed by atoms with Crippen LogP contribution in [-0.2, 0) is 23.9 Å². The van der Waals surface area contributed by atoms with Gasteiger partial charge in [-0.3, -0.25) is 14.4 Å². The molecule has 0 aliphatic carbocycles. The molecule has 102 valence electrons. The van der Waals surface area contributed by atoms with Crippen LogP contribution in [0.25, 0.3) is 0 Å². The van der Waals surface area contributed by atoms with Gasteiger partial charge < -0.3 is 10.1 Å². The van der Waals surface area contributed by atoms with Crippen LogP contribution in [0.5, 0.6) is 0 Å². The van der Waals surface area contributed by atoms with E-state index in [1.807, 2.05) is 0 Å². The van der Waals surface area contributed by atoms with E-state index in [2.05, 4.69) is 10.1 Å². The first-order valence-corrected chi connectivity index (χ1v) is 5.66. The van der Waals surface area contributed by atoms with Gasteiger partial charge in [0.05, 0.1) is 20.0 Å². The van der Waals surface area contributed by atoms with E-state index in [-0.39, 0.29) is 18.1 Å².